The van der Waals surface area contributed by atoms with Gasteiger partial charge in [0.2, 0.25) is 0 Å². The van der Waals surface area contributed by atoms with Gasteiger partial charge in [-0.2, -0.15) is 0 Å². The Morgan fingerprint density at radius 1 is 1.08 bits per heavy atom. The number of carboxylic acids is 1. The van der Waals surface area contributed by atoms with E-state index in [1.165, 1.54) is 26.0 Å². The highest BCUT2D eigenvalue weighted by Gasteiger charge is 2.42. The largest absolute Gasteiger partial charge is 0.480 e. The van der Waals surface area contributed by atoms with Crippen molar-refractivity contribution in [3.8, 4) is 11.1 Å². The number of rotatable bonds is 5. The standard InChI is InChI=1S/C18H20O5S/c1-12-5-4-6-15(16(12)11-19)13-7-9-14(10-8-13)24(22,23)18(2,3)17(20)21/h4-10,19H,11H2,1-3H3,(H,20,21). The number of benzene rings is 2. The molecule has 0 aliphatic carbocycles. The Labute approximate surface area is 141 Å². The molecule has 0 fully saturated rings. The molecule has 0 amide bonds. The molecule has 0 heterocycles. The van der Waals surface area contributed by atoms with Crippen molar-refractivity contribution in [2.45, 2.75) is 37.0 Å². The first-order valence-corrected chi connectivity index (χ1v) is 8.89. The Hall–Kier alpha value is -2.18. The zero-order valence-electron chi connectivity index (χ0n) is 13.8. The second-order valence-corrected chi connectivity index (χ2v) is 8.60. The van der Waals surface area contributed by atoms with Gasteiger partial charge in [-0.05, 0) is 55.2 Å². The highest BCUT2D eigenvalue weighted by atomic mass is 32.2. The van der Waals surface area contributed by atoms with Gasteiger partial charge in [0, 0.05) is 0 Å². The third kappa shape index (κ3) is 2.95. The van der Waals surface area contributed by atoms with Crippen molar-refractivity contribution in [2.75, 3.05) is 0 Å². The molecule has 0 aliphatic rings. The fraction of sp³-hybridized carbons (Fsp3) is 0.278. The molecule has 2 aromatic carbocycles. The van der Waals surface area contributed by atoms with E-state index in [4.69, 9.17) is 5.11 Å². The summed E-state index contributed by atoms with van der Waals surface area (Å²) in [6, 6.07) is 11.7. The van der Waals surface area contributed by atoms with Crippen molar-refractivity contribution in [3.05, 3.63) is 53.6 Å². The maximum absolute atomic E-state index is 12.5. The highest BCUT2D eigenvalue weighted by molar-refractivity contribution is 7.93. The van der Waals surface area contributed by atoms with Crippen LogP contribution in [0.1, 0.15) is 25.0 Å². The van der Waals surface area contributed by atoms with Crippen LogP contribution in [0.5, 0.6) is 0 Å². The topological polar surface area (TPSA) is 91.7 Å². The van der Waals surface area contributed by atoms with Crippen LogP contribution in [0.2, 0.25) is 0 Å². The molecule has 0 saturated carbocycles. The molecular formula is C18H20O5S. The molecule has 0 unspecified atom stereocenters. The van der Waals surface area contributed by atoms with E-state index < -0.39 is 20.6 Å². The van der Waals surface area contributed by atoms with Gasteiger partial charge in [-0.25, -0.2) is 8.42 Å². The van der Waals surface area contributed by atoms with Crippen LogP contribution in [0, 0.1) is 6.92 Å². The molecule has 2 N–H and O–H groups in total. The van der Waals surface area contributed by atoms with Crippen LogP contribution < -0.4 is 0 Å². The van der Waals surface area contributed by atoms with Crippen LogP contribution in [-0.2, 0) is 21.2 Å². The van der Waals surface area contributed by atoms with Gasteiger partial charge in [0.05, 0.1) is 11.5 Å². The molecule has 2 rings (SSSR count). The van der Waals surface area contributed by atoms with E-state index in [0.717, 1.165) is 22.3 Å². The molecule has 5 nitrogen and oxygen atoms in total. The zero-order chi connectivity index (χ0) is 18.1. The van der Waals surface area contributed by atoms with Gasteiger partial charge in [-0.1, -0.05) is 30.3 Å². The predicted molar refractivity (Wildman–Crippen MR) is 91.4 cm³/mol. The van der Waals surface area contributed by atoms with E-state index in [-0.39, 0.29) is 11.5 Å². The van der Waals surface area contributed by atoms with E-state index in [0.29, 0.717) is 0 Å². The Kier molecular flexibility index (Phi) is 4.82. The van der Waals surface area contributed by atoms with Gasteiger partial charge in [-0.3, -0.25) is 4.79 Å². The van der Waals surface area contributed by atoms with E-state index in [1.54, 1.807) is 12.1 Å². The molecule has 2 aromatic rings. The van der Waals surface area contributed by atoms with Crippen molar-refractivity contribution in [3.63, 3.8) is 0 Å². The summed E-state index contributed by atoms with van der Waals surface area (Å²) in [5.41, 5.74) is 3.30. The van der Waals surface area contributed by atoms with E-state index >= 15 is 0 Å². The average Bonchev–Trinajstić information content (AvgIpc) is 2.54. The number of hydrogen-bond donors (Lipinski definition) is 2. The molecule has 6 heteroatoms. The molecule has 0 atom stereocenters. The fourth-order valence-electron chi connectivity index (χ4n) is 2.41. The van der Waals surface area contributed by atoms with Crippen molar-refractivity contribution in [1.82, 2.24) is 0 Å². The van der Waals surface area contributed by atoms with Gasteiger partial charge < -0.3 is 10.2 Å². The molecule has 0 aliphatic heterocycles. The molecule has 0 spiro atoms. The Morgan fingerprint density at radius 3 is 2.17 bits per heavy atom. The molecule has 128 valence electrons. The summed E-state index contributed by atoms with van der Waals surface area (Å²) in [4.78, 5) is 11.2. The normalized spacial score (nSPS) is 12.2. The van der Waals surface area contributed by atoms with Crippen molar-refractivity contribution in [2.24, 2.45) is 0 Å². The summed E-state index contributed by atoms with van der Waals surface area (Å²) in [5.74, 6) is -1.40. The summed E-state index contributed by atoms with van der Waals surface area (Å²) in [6.07, 6.45) is 0. The molecule has 0 bridgehead atoms. The van der Waals surface area contributed by atoms with E-state index in [2.05, 4.69) is 0 Å². The van der Waals surface area contributed by atoms with Crippen LogP contribution in [-0.4, -0.2) is 29.3 Å². The van der Waals surface area contributed by atoms with Crippen molar-refractivity contribution < 1.29 is 23.4 Å². The summed E-state index contributed by atoms with van der Waals surface area (Å²) in [5, 5.41) is 18.7. The van der Waals surface area contributed by atoms with Gasteiger partial charge >= 0.3 is 5.97 Å². The summed E-state index contributed by atoms with van der Waals surface area (Å²) in [7, 11) is -4.01. The third-order valence-electron chi connectivity index (χ3n) is 4.23. The maximum atomic E-state index is 12.5. The lowest BCUT2D eigenvalue weighted by atomic mass is 9.96. The van der Waals surface area contributed by atoms with Gasteiger partial charge in [0.15, 0.2) is 14.6 Å². The van der Waals surface area contributed by atoms with Crippen LogP contribution in [0.15, 0.2) is 47.4 Å². The number of hydrogen-bond acceptors (Lipinski definition) is 4. The van der Waals surface area contributed by atoms with Crippen molar-refractivity contribution in [1.29, 1.82) is 0 Å². The number of aryl methyl sites for hydroxylation is 1. The Bertz CT molecular complexity index is 865. The first kappa shape index (κ1) is 18.2. The fourth-order valence-corrected chi connectivity index (χ4v) is 3.72. The lowest BCUT2D eigenvalue weighted by Gasteiger charge is -2.20. The molecule has 24 heavy (non-hydrogen) atoms. The SMILES string of the molecule is Cc1cccc(-c2ccc(S(=O)(=O)C(C)(C)C(=O)O)cc2)c1CO. The zero-order valence-corrected chi connectivity index (χ0v) is 14.6. The number of aliphatic hydroxyl groups is 1. The second-order valence-electron chi connectivity index (χ2n) is 6.10. The quantitative estimate of drug-likeness (QED) is 0.867. The first-order valence-electron chi connectivity index (χ1n) is 7.40. The second kappa shape index (κ2) is 6.37. The average molecular weight is 348 g/mol. The van der Waals surface area contributed by atoms with E-state index in [1.807, 2.05) is 25.1 Å². The minimum atomic E-state index is -4.01. The van der Waals surface area contributed by atoms with Crippen LogP contribution in [0.25, 0.3) is 11.1 Å². The van der Waals surface area contributed by atoms with Crippen LogP contribution in [0.3, 0.4) is 0 Å². The van der Waals surface area contributed by atoms with Gasteiger partial charge in [0.1, 0.15) is 0 Å². The number of aliphatic carboxylic acids is 1. The molecule has 0 aromatic heterocycles. The minimum absolute atomic E-state index is 0.0446. The molecule has 0 saturated heterocycles. The van der Waals surface area contributed by atoms with Gasteiger partial charge in [-0.15, -0.1) is 0 Å². The van der Waals surface area contributed by atoms with E-state index in [9.17, 15) is 18.3 Å². The smallest absolute Gasteiger partial charge is 0.324 e. The maximum Gasteiger partial charge on any atom is 0.324 e. The predicted octanol–water partition coefficient (Wildman–Crippen LogP) is 2.79. The number of sulfone groups is 1. The van der Waals surface area contributed by atoms with Gasteiger partial charge in [0.25, 0.3) is 0 Å². The Balaban J connectivity index is 2.50. The lowest BCUT2D eigenvalue weighted by Crippen LogP contribution is -2.40. The van der Waals surface area contributed by atoms with Crippen LogP contribution in [0.4, 0.5) is 0 Å². The molecule has 0 radical (unpaired) electrons. The summed E-state index contributed by atoms with van der Waals surface area (Å²) < 4.78 is 23.1. The summed E-state index contributed by atoms with van der Waals surface area (Å²) >= 11 is 0. The number of carbonyl (C=O) groups is 1. The van der Waals surface area contributed by atoms with Crippen molar-refractivity contribution >= 4 is 15.8 Å². The lowest BCUT2D eigenvalue weighted by molar-refractivity contribution is -0.139. The first-order chi connectivity index (χ1) is 11.1. The third-order valence-corrected chi connectivity index (χ3v) is 6.64. The minimum Gasteiger partial charge on any atom is -0.480 e. The summed E-state index contributed by atoms with van der Waals surface area (Å²) in [6.45, 7) is 4.11. The van der Waals surface area contributed by atoms with Crippen LogP contribution >= 0.6 is 0 Å². The highest BCUT2D eigenvalue weighted by Crippen LogP contribution is 2.30. The number of aliphatic hydroxyl groups excluding tert-OH is 1. The molecular weight excluding hydrogens is 328 g/mol. The number of carboxylic acid groups (broad SMARTS) is 1. The Morgan fingerprint density at radius 2 is 1.67 bits per heavy atom. The monoisotopic (exact) mass is 348 g/mol.